The molecule has 3 N–H and O–H groups in total. The Kier molecular flexibility index (Phi) is 5.13. The minimum Gasteiger partial charge on any atom is -0.388 e. The van der Waals surface area contributed by atoms with E-state index in [4.69, 9.17) is 0 Å². The van der Waals surface area contributed by atoms with E-state index in [9.17, 15) is 19.1 Å². The first-order valence-corrected chi connectivity index (χ1v) is 7.47. The van der Waals surface area contributed by atoms with Gasteiger partial charge in [-0.3, -0.25) is 9.59 Å². The van der Waals surface area contributed by atoms with E-state index >= 15 is 0 Å². The molecule has 0 unspecified atom stereocenters. The van der Waals surface area contributed by atoms with Crippen LogP contribution in [0.4, 0.5) is 10.1 Å². The highest BCUT2D eigenvalue weighted by atomic mass is 19.1. The van der Waals surface area contributed by atoms with Gasteiger partial charge < -0.3 is 15.7 Å². The lowest BCUT2D eigenvalue weighted by atomic mass is 9.85. The van der Waals surface area contributed by atoms with Gasteiger partial charge in [0.05, 0.1) is 5.60 Å². The van der Waals surface area contributed by atoms with Crippen molar-refractivity contribution in [3.8, 4) is 0 Å². The third kappa shape index (κ3) is 4.53. The number of carbonyl (C=O) groups is 2. The standard InChI is InChI=1S/C16H21FN2O3/c1-11-7-12(17)9-13(8-11)19-15(21)14(20)18-10-16(22)5-3-2-4-6-16/h7-9,22H,2-6,10H2,1H3,(H,18,20)(H,19,21). The van der Waals surface area contributed by atoms with Crippen molar-refractivity contribution in [1.29, 1.82) is 0 Å². The van der Waals surface area contributed by atoms with Gasteiger partial charge in [-0.2, -0.15) is 0 Å². The van der Waals surface area contributed by atoms with Crippen molar-refractivity contribution in [2.75, 3.05) is 11.9 Å². The van der Waals surface area contributed by atoms with Crippen LogP contribution in [-0.4, -0.2) is 29.1 Å². The summed E-state index contributed by atoms with van der Waals surface area (Å²) in [4.78, 5) is 23.6. The van der Waals surface area contributed by atoms with Gasteiger partial charge in [0.2, 0.25) is 0 Å². The summed E-state index contributed by atoms with van der Waals surface area (Å²) < 4.78 is 13.2. The van der Waals surface area contributed by atoms with Crippen molar-refractivity contribution in [2.45, 2.75) is 44.6 Å². The molecule has 5 nitrogen and oxygen atoms in total. The molecular formula is C16H21FN2O3. The van der Waals surface area contributed by atoms with Crippen LogP contribution in [0.5, 0.6) is 0 Å². The van der Waals surface area contributed by atoms with Crippen molar-refractivity contribution < 1.29 is 19.1 Å². The Hall–Kier alpha value is -1.95. The minimum absolute atomic E-state index is 0.0570. The van der Waals surface area contributed by atoms with Gasteiger partial charge >= 0.3 is 11.8 Å². The molecule has 1 saturated carbocycles. The normalized spacial score (nSPS) is 16.9. The highest BCUT2D eigenvalue weighted by Gasteiger charge is 2.30. The highest BCUT2D eigenvalue weighted by molar-refractivity contribution is 6.39. The Labute approximate surface area is 128 Å². The number of aliphatic hydroxyl groups is 1. The molecular weight excluding hydrogens is 287 g/mol. The first kappa shape index (κ1) is 16.4. The molecule has 1 aliphatic carbocycles. The molecule has 1 aromatic rings. The maximum atomic E-state index is 13.2. The number of nitrogens with one attached hydrogen (secondary N) is 2. The summed E-state index contributed by atoms with van der Waals surface area (Å²) in [6, 6.07) is 4.05. The van der Waals surface area contributed by atoms with Crippen LogP contribution >= 0.6 is 0 Å². The molecule has 0 radical (unpaired) electrons. The fraction of sp³-hybridized carbons (Fsp3) is 0.500. The Morgan fingerprint density at radius 2 is 1.86 bits per heavy atom. The van der Waals surface area contributed by atoms with Gasteiger partial charge in [0, 0.05) is 12.2 Å². The molecule has 1 aliphatic rings. The average Bonchev–Trinajstić information content (AvgIpc) is 2.44. The number of anilines is 1. The summed E-state index contributed by atoms with van der Waals surface area (Å²) in [5, 5.41) is 15.1. The Bertz CT molecular complexity index is 548. The second kappa shape index (κ2) is 6.87. The van der Waals surface area contributed by atoms with Gasteiger partial charge in [0.25, 0.3) is 0 Å². The van der Waals surface area contributed by atoms with Crippen molar-refractivity contribution in [1.82, 2.24) is 5.32 Å². The number of amides is 2. The van der Waals surface area contributed by atoms with Crippen LogP contribution in [0.3, 0.4) is 0 Å². The summed E-state index contributed by atoms with van der Waals surface area (Å²) in [7, 11) is 0. The number of hydrogen-bond donors (Lipinski definition) is 3. The van der Waals surface area contributed by atoms with Gasteiger partial charge in [-0.1, -0.05) is 19.3 Å². The molecule has 0 bridgehead atoms. The third-order valence-electron chi connectivity index (χ3n) is 3.87. The number of rotatable bonds is 3. The van der Waals surface area contributed by atoms with Crippen LogP contribution in [0.1, 0.15) is 37.7 Å². The molecule has 0 saturated heterocycles. The second-order valence-corrected chi connectivity index (χ2v) is 5.94. The highest BCUT2D eigenvalue weighted by Crippen LogP contribution is 2.27. The maximum absolute atomic E-state index is 13.2. The van der Waals surface area contributed by atoms with Crippen LogP contribution < -0.4 is 10.6 Å². The van der Waals surface area contributed by atoms with Crippen molar-refractivity contribution >= 4 is 17.5 Å². The van der Waals surface area contributed by atoms with Crippen molar-refractivity contribution in [2.24, 2.45) is 0 Å². The molecule has 0 spiro atoms. The topological polar surface area (TPSA) is 78.4 Å². The van der Waals surface area contributed by atoms with Crippen LogP contribution in [0.25, 0.3) is 0 Å². The van der Waals surface area contributed by atoms with E-state index in [0.29, 0.717) is 18.4 Å². The molecule has 120 valence electrons. The summed E-state index contributed by atoms with van der Waals surface area (Å²) in [6.45, 7) is 1.75. The zero-order valence-corrected chi connectivity index (χ0v) is 12.6. The minimum atomic E-state index is -0.927. The molecule has 6 heteroatoms. The lowest BCUT2D eigenvalue weighted by Crippen LogP contribution is -2.47. The molecule has 0 aliphatic heterocycles. The number of hydrogen-bond acceptors (Lipinski definition) is 3. The summed E-state index contributed by atoms with van der Waals surface area (Å²) in [5.41, 5.74) is -0.0508. The predicted octanol–water partition coefficient (Wildman–Crippen LogP) is 1.88. The molecule has 0 aromatic heterocycles. The molecule has 1 aromatic carbocycles. The van der Waals surface area contributed by atoms with E-state index in [1.54, 1.807) is 13.0 Å². The SMILES string of the molecule is Cc1cc(F)cc(NC(=O)C(=O)NCC2(O)CCCCC2)c1. The lowest BCUT2D eigenvalue weighted by molar-refractivity contribution is -0.137. The third-order valence-corrected chi connectivity index (χ3v) is 3.87. The monoisotopic (exact) mass is 308 g/mol. The quantitative estimate of drug-likeness (QED) is 0.746. The zero-order valence-electron chi connectivity index (χ0n) is 12.6. The summed E-state index contributed by atoms with van der Waals surface area (Å²) in [6.07, 6.45) is 4.16. The van der Waals surface area contributed by atoms with Gasteiger partial charge in [0.15, 0.2) is 0 Å². The first-order chi connectivity index (χ1) is 10.4. The van der Waals surface area contributed by atoms with Gasteiger partial charge in [0.1, 0.15) is 5.82 Å². The fourth-order valence-electron chi connectivity index (χ4n) is 2.71. The fourth-order valence-corrected chi connectivity index (χ4v) is 2.71. The Balaban J connectivity index is 1.88. The number of benzene rings is 1. The van der Waals surface area contributed by atoms with E-state index < -0.39 is 23.2 Å². The van der Waals surface area contributed by atoms with E-state index in [1.807, 2.05) is 0 Å². The number of halogens is 1. The molecule has 22 heavy (non-hydrogen) atoms. The smallest absolute Gasteiger partial charge is 0.313 e. The van der Waals surface area contributed by atoms with E-state index in [0.717, 1.165) is 25.3 Å². The molecule has 2 rings (SSSR count). The van der Waals surface area contributed by atoms with Gasteiger partial charge in [-0.25, -0.2) is 4.39 Å². The summed E-state index contributed by atoms with van der Waals surface area (Å²) >= 11 is 0. The van der Waals surface area contributed by atoms with Gasteiger partial charge in [-0.05, 0) is 43.5 Å². The van der Waals surface area contributed by atoms with Crippen LogP contribution in [0, 0.1) is 12.7 Å². The largest absolute Gasteiger partial charge is 0.388 e. The maximum Gasteiger partial charge on any atom is 0.313 e. The molecule has 1 fully saturated rings. The van der Waals surface area contributed by atoms with E-state index in [1.165, 1.54) is 6.07 Å². The number of aryl methyl sites for hydroxylation is 1. The van der Waals surface area contributed by atoms with Crippen molar-refractivity contribution in [3.05, 3.63) is 29.6 Å². The predicted molar refractivity (Wildman–Crippen MR) is 80.8 cm³/mol. The lowest BCUT2D eigenvalue weighted by Gasteiger charge is -2.31. The summed E-state index contributed by atoms with van der Waals surface area (Å²) in [5.74, 6) is -2.18. The van der Waals surface area contributed by atoms with Crippen molar-refractivity contribution in [3.63, 3.8) is 0 Å². The Morgan fingerprint density at radius 1 is 1.18 bits per heavy atom. The van der Waals surface area contributed by atoms with E-state index in [-0.39, 0.29) is 12.2 Å². The molecule has 0 atom stereocenters. The van der Waals surface area contributed by atoms with Crippen LogP contribution in [-0.2, 0) is 9.59 Å². The number of carbonyl (C=O) groups excluding carboxylic acids is 2. The second-order valence-electron chi connectivity index (χ2n) is 5.94. The zero-order chi connectivity index (χ0) is 16.2. The average molecular weight is 308 g/mol. The van der Waals surface area contributed by atoms with Gasteiger partial charge in [-0.15, -0.1) is 0 Å². The first-order valence-electron chi connectivity index (χ1n) is 7.47. The van der Waals surface area contributed by atoms with Crippen LogP contribution in [0.2, 0.25) is 0 Å². The van der Waals surface area contributed by atoms with Crippen LogP contribution in [0.15, 0.2) is 18.2 Å². The van der Waals surface area contributed by atoms with E-state index in [2.05, 4.69) is 10.6 Å². The molecule has 2 amide bonds. The molecule has 0 heterocycles. The Morgan fingerprint density at radius 3 is 2.50 bits per heavy atom.